The summed E-state index contributed by atoms with van der Waals surface area (Å²) in [4.78, 5) is 13.6. The second-order valence-electron chi connectivity index (χ2n) is 5.56. The first-order valence-electron chi connectivity index (χ1n) is 7.33. The van der Waals surface area contributed by atoms with Crippen LogP contribution in [0.25, 0.3) is 0 Å². The Balaban J connectivity index is 1.57. The van der Waals surface area contributed by atoms with E-state index >= 15 is 0 Å². The van der Waals surface area contributed by atoms with Crippen LogP contribution >= 0.6 is 11.3 Å². The molecule has 4 heteroatoms. The molecule has 1 aromatic carbocycles. The largest absolute Gasteiger partial charge is 0.381 e. The van der Waals surface area contributed by atoms with Crippen LogP contribution in [0.4, 0.5) is 5.69 Å². The number of benzene rings is 1. The highest BCUT2D eigenvalue weighted by Crippen LogP contribution is 2.28. The highest BCUT2D eigenvalue weighted by molar-refractivity contribution is 7.07. The first-order valence-corrected chi connectivity index (χ1v) is 8.28. The fourth-order valence-corrected chi connectivity index (χ4v) is 3.07. The van der Waals surface area contributed by atoms with Crippen LogP contribution in [-0.4, -0.2) is 16.8 Å². The number of carbonyl (C=O) groups is 1. The van der Waals surface area contributed by atoms with Gasteiger partial charge in [-0.15, -0.1) is 0 Å². The lowest BCUT2D eigenvalue weighted by Crippen LogP contribution is -2.30. The zero-order chi connectivity index (χ0) is 14.7. The van der Waals surface area contributed by atoms with E-state index in [2.05, 4.69) is 46.4 Å². The van der Waals surface area contributed by atoms with Crippen LogP contribution in [0.5, 0.6) is 0 Å². The van der Waals surface area contributed by atoms with E-state index in [1.54, 1.807) is 18.3 Å². The summed E-state index contributed by atoms with van der Waals surface area (Å²) in [6.07, 6.45) is 2.31. The first kappa shape index (κ1) is 14.1. The number of thiophene rings is 1. The minimum absolute atomic E-state index is 0.178. The fourth-order valence-electron chi connectivity index (χ4n) is 2.41. The van der Waals surface area contributed by atoms with E-state index in [1.807, 2.05) is 4.90 Å². The van der Waals surface area contributed by atoms with Crippen molar-refractivity contribution in [2.24, 2.45) is 0 Å². The van der Waals surface area contributed by atoms with Gasteiger partial charge in [0.15, 0.2) is 0 Å². The lowest BCUT2D eigenvalue weighted by Gasteiger charge is -2.20. The van der Waals surface area contributed by atoms with Gasteiger partial charge in [0.05, 0.1) is 0 Å². The van der Waals surface area contributed by atoms with Gasteiger partial charge in [0.2, 0.25) is 5.91 Å². The molecule has 3 nitrogen and oxygen atoms in total. The third kappa shape index (κ3) is 3.85. The molecule has 1 fully saturated rings. The lowest BCUT2D eigenvalue weighted by atomic mass is 10.2. The van der Waals surface area contributed by atoms with Crippen LogP contribution in [0.15, 0.2) is 41.1 Å². The number of nitrogens with one attached hydrogen (secondary N) is 1. The summed E-state index contributed by atoms with van der Waals surface area (Å²) >= 11 is 1.72. The maximum atomic E-state index is 11.6. The van der Waals surface area contributed by atoms with Gasteiger partial charge < -0.3 is 10.2 Å². The molecule has 21 heavy (non-hydrogen) atoms. The molecule has 1 heterocycles. The zero-order valence-corrected chi connectivity index (χ0v) is 13.0. The molecule has 1 N–H and O–H groups in total. The van der Waals surface area contributed by atoms with Gasteiger partial charge in [0.1, 0.15) is 0 Å². The Bertz CT molecular complexity index is 588. The van der Waals surface area contributed by atoms with E-state index < -0.39 is 0 Å². The minimum Gasteiger partial charge on any atom is -0.381 e. The molecule has 0 saturated heterocycles. The quantitative estimate of drug-likeness (QED) is 0.878. The number of hydrogen-bond acceptors (Lipinski definition) is 3. The fraction of sp³-hybridized carbons (Fsp3) is 0.353. The predicted molar refractivity (Wildman–Crippen MR) is 87.3 cm³/mol. The van der Waals surface area contributed by atoms with Crippen molar-refractivity contribution in [3.8, 4) is 0 Å². The topological polar surface area (TPSA) is 32.3 Å². The molecule has 0 spiro atoms. The van der Waals surface area contributed by atoms with Crippen molar-refractivity contribution in [2.45, 2.75) is 38.9 Å². The van der Waals surface area contributed by atoms with Crippen LogP contribution in [-0.2, 0) is 17.9 Å². The molecule has 1 aromatic heterocycles. The summed E-state index contributed by atoms with van der Waals surface area (Å²) in [6.45, 7) is 3.24. The molecule has 0 bridgehead atoms. The van der Waals surface area contributed by atoms with Gasteiger partial charge >= 0.3 is 0 Å². The van der Waals surface area contributed by atoms with Gasteiger partial charge in [-0.05, 0) is 52.9 Å². The summed E-state index contributed by atoms with van der Waals surface area (Å²) in [6, 6.07) is 11.0. The Kier molecular flexibility index (Phi) is 4.25. The van der Waals surface area contributed by atoms with E-state index in [-0.39, 0.29) is 5.91 Å². The smallest absolute Gasteiger partial charge is 0.219 e. The van der Waals surface area contributed by atoms with Crippen molar-refractivity contribution < 1.29 is 4.79 Å². The van der Waals surface area contributed by atoms with Gasteiger partial charge in [-0.3, -0.25) is 4.79 Å². The molecule has 2 aromatic rings. The Morgan fingerprint density at radius 3 is 2.57 bits per heavy atom. The van der Waals surface area contributed by atoms with E-state index in [0.717, 1.165) is 31.6 Å². The third-order valence-electron chi connectivity index (χ3n) is 3.78. The van der Waals surface area contributed by atoms with Crippen molar-refractivity contribution in [3.63, 3.8) is 0 Å². The SMILES string of the molecule is CC(=O)N(Cc1ccc(NCc2ccsc2)cc1)C1CC1. The van der Waals surface area contributed by atoms with Gasteiger partial charge in [0, 0.05) is 31.7 Å². The zero-order valence-electron chi connectivity index (χ0n) is 12.2. The van der Waals surface area contributed by atoms with Crippen molar-refractivity contribution in [1.29, 1.82) is 0 Å². The second-order valence-corrected chi connectivity index (χ2v) is 6.34. The van der Waals surface area contributed by atoms with E-state index in [0.29, 0.717) is 6.04 Å². The Hall–Kier alpha value is -1.81. The van der Waals surface area contributed by atoms with E-state index in [4.69, 9.17) is 0 Å². The van der Waals surface area contributed by atoms with Gasteiger partial charge in [-0.1, -0.05) is 12.1 Å². The maximum Gasteiger partial charge on any atom is 0.219 e. The molecular formula is C17H20N2OS. The second kappa shape index (κ2) is 6.31. The van der Waals surface area contributed by atoms with Crippen LogP contribution in [0, 0.1) is 0 Å². The maximum absolute atomic E-state index is 11.6. The summed E-state index contributed by atoms with van der Waals surface area (Å²) < 4.78 is 0. The van der Waals surface area contributed by atoms with E-state index in [9.17, 15) is 4.79 Å². The molecule has 1 saturated carbocycles. The third-order valence-corrected chi connectivity index (χ3v) is 4.51. The average molecular weight is 300 g/mol. The number of carbonyl (C=O) groups excluding carboxylic acids is 1. The molecule has 1 aliphatic carbocycles. The highest BCUT2D eigenvalue weighted by atomic mass is 32.1. The summed E-state index contributed by atoms with van der Waals surface area (Å²) in [5.41, 5.74) is 3.62. The number of nitrogens with zero attached hydrogens (tertiary/aromatic N) is 1. The number of rotatable bonds is 6. The molecule has 110 valence electrons. The molecule has 1 amide bonds. The van der Waals surface area contributed by atoms with Crippen LogP contribution in [0.2, 0.25) is 0 Å². The number of amides is 1. The monoisotopic (exact) mass is 300 g/mol. The van der Waals surface area contributed by atoms with Crippen LogP contribution < -0.4 is 5.32 Å². The number of anilines is 1. The molecule has 0 atom stereocenters. The van der Waals surface area contributed by atoms with Crippen LogP contribution in [0.3, 0.4) is 0 Å². The molecule has 1 aliphatic rings. The molecular weight excluding hydrogens is 280 g/mol. The van der Waals surface area contributed by atoms with Crippen molar-refractivity contribution in [2.75, 3.05) is 5.32 Å². The molecule has 0 unspecified atom stereocenters. The minimum atomic E-state index is 0.178. The average Bonchev–Trinajstić information content (AvgIpc) is 3.18. The normalized spacial score (nSPS) is 14.0. The van der Waals surface area contributed by atoms with Gasteiger partial charge in [-0.2, -0.15) is 11.3 Å². The highest BCUT2D eigenvalue weighted by Gasteiger charge is 2.30. The summed E-state index contributed by atoms with van der Waals surface area (Å²) in [5, 5.41) is 7.66. The van der Waals surface area contributed by atoms with Crippen molar-refractivity contribution >= 4 is 22.9 Å². The van der Waals surface area contributed by atoms with Gasteiger partial charge in [0.25, 0.3) is 0 Å². The standard InChI is InChI=1S/C17H20N2OS/c1-13(20)19(17-6-7-17)11-14-2-4-16(5-3-14)18-10-15-8-9-21-12-15/h2-5,8-9,12,17-18H,6-7,10-11H2,1H3. The van der Waals surface area contributed by atoms with Gasteiger partial charge in [-0.25, -0.2) is 0 Å². The Labute approximate surface area is 129 Å². The van der Waals surface area contributed by atoms with Crippen molar-refractivity contribution in [1.82, 2.24) is 4.90 Å². The molecule has 0 aliphatic heterocycles. The number of hydrogen-bond donors (Lipinski definition) is 1. The molecule has 0 radical (unpaired) electrons. The van der Waals surface area contributed by atoms with Crippen molar-refractivity contribution in [3.05, 3.63) is 52.2 Å². The summed E-state index contributed by atoms with van der Waals surface area (Å²) in [7, 11) is 0. The predicted octanol–water partition coefficient (Wildman–Crippen LogP) is 3.87. The lowest BCUT2D eigenvalue weighted by molar-refractivity contribution is -0.130. The summed E-state index contributed by atoms with van der Waals surface area (Å²) in [5.74, 6) is 0.178. The van der Waals surface area contributed by atoms with Crippen LogP contribution in [0.1, 0.15) is 30.9 Å². The Morgan fingerprint density at radius 2 is 2.00 bits per heavy atom. The van der Waals surface area contributed by atoms with E-state index in [1.165, 1.54) is 11.1 Å². The Morgan fingerprint density at radius 1 is 1.24 bits per heavy atom. The first-order chi connectivity index (χ1) is 10.2. The molecule has 3 rings (SSSR count).